The molecule has 1 N–H and O–H groups in total. The SMILES string of the molecule is COc1ccc(S(=O)(=O)N2CCCC(C(=O)Nc3ccc(Cl)c(Cl)c3)C2)cc1Cl. The van der Waals surface area contributed by atoms with Crippen LogP contribution in [0.3, 0.4) is 0 Å². The van der Waals surface area contributed by atoms with Crippen LogP contribution in [0.2, 0.25) is 15.1 Å². The zero-order valence-electron chi connectivity index (χ0n) is 15.5. The van der Waals surface area contributed by atoms with E-state index in [9.17, 15) is 13.2 Å². The first-order chi connectivity index (χ1) is 13.7. The van der Waals surface area contributed by atoms with Crippen molar-refractivity contribution in [1.82, 2.24) is 4.31 Å². The van der Waals surface area contributed by atoms with Crippen molar-refractivity contribution < 1.29 is 17.9 Å². The average molecular weight is 478 g/mol. The highest BCUT2D eigenvalue weighted by molar-refractivity contribution is 7.89. The monoisotopic (exact) mass is 476 g/mol. The summed E-state index contributed by atoms with van der Waals surface area (Å²) in [6, 6.07) is 9.09. The number of rotatable bonds is 5. The normalized spacial score (nSPS) is 17.7. The lowest BCUT2D eigenvalue weighted by Crippen LogP contribution is -2.43. The van der Waals surface area contributed by atoms with E-state index in [1.165, 1.54) is 29.6 Å². The number of nitrogens with one attached hydrogen (secondary N) is 1. The highest BCUT2D eigenvalue weighted by Crippen LogP contribution is 2.31. The molecule has 29 heavy (non-hydrogen) atoms. The van der Waals surface area contributed by atoms with Gasteiger partial charge in [0.1, 0.15) is 5.75 Å². The Labute approximate surface area is 184 Å². The van der Waals surface area contributed by atoms with Crippen molar-refractivity contribution in [2.75, 3.05) is 25.5 Å². The van der Waals surface area contributed by atoms with Gasteiger partial charge in [-0.15, -0.1) is 0 Å². The molecule has 1 fully saturated rings. The molecule has 156 valence electrons. The van der Waals surface area contributed by atoms with Gasteiger partial charge in [-0.2, -0.15) is 4.31 Å². The molecule has 6 nitrogen and oxygen atoms in total. The first-order valence-electron chi connectivity index (χ1n) is 8.82. The lowest BCUT2D eigenvalue weighted by atomic mass is 9.99. The van der Waals surface area contributed by atoms with Crippen LogP contribution in [0.25, 0.3) is 0 Å². The third-order valence-corrected chi connectivity index (χ3v) is 7.60. The molecule has 0 spiro atoms. The van der Waals surface area contributed by atoms with Gasteiger partial charge in [0, 0.05) is 18.8 Å². The Bertz CT molecular complexity index is 1030. The summed E-state index contributed by atoms with van der Waals surface area (Å²) in [5.74, 6) is -0.360. The first-order valence-corrected chi connectivity index (χ1v) is 11.4. The van der Waals surface area contributed by atoms with Gasteiger partial charge in [-0.1, -0.05) is 34.8 Å². The molecule has 0 radical (unpaired) electrons. The Hall–Kier alpha value is -1.51. The molecule has 1 atom stereocenters. The van der Waals surface area contributed by atoms with Gasteiger partial charge in [-0.05, 0) is 49.2 Å². The van der Waals surface area contributed by atoms with Crippen molar-refractivity contribution in [3.63, 3.8) is 0 Å². The van der Waals surface area contributed by atoms with Crippen molar-refractivity contribution >= 4 is 56.4 Å². The summed E-state index contributed by atoms with van der Waals surface area (Å²) in [5.41, 5.74) is 0.506. The van der Waals surface area contributed by atoms with Gasteiger partial charge in [0.2, 0.25) is 15.9 Å². The maximum Gasteiger partial charge on any atom is 0.243 e. The van der Waals surface area contributed by atoms with E-state index < -0.39 is 15.9 Å². The molecule has 1 saturated heterocycles. The zero-order valence-corrected chi connectivity index (χ0v) is 18.6. The van der Waals surface area contributed by atoms with Crippen molar-refractivity contribution in [3.8, 4) is 5.75 Å². The number of hydrogen-bond acceptors (Lipinski definition) is 4. The number of piperidine rings is 1. The van der Waals surface area contributed by atoms with E-state index in [0.29, 0.717) is 40.9 Å². The topological polar surface area (TPSA) is 75.7 Å². The van der Waals surface area contributed by atoms with Crippen LogP contribution in [0.1, 0.15) is 12.8 Å². The number of benzene rings is 2. The molecule has 1 amide bonds. The van der Waals surface area contributed by atoms with Gasteiger partial charge in [0.15, 0.2) is 0 Å². The van der Waals surface area contributed by atoms with Crippen LogP contribution in [0.4, 0.5) is 5.69 Å². The quantitative estimate of drug-likeness (QED) is 0.677. The molecule has 1 aliphatic rings. The average Bonchev–Trinajstić information content (AvgIpc) is 2.70. The fourth-order valence-corrected chi connectivity index (χ4v) is 5.32. The highest BCUT2D eigenvalue weighted by atomic mass is 35.5. The van der Waals surface area contributed by atoms with Crippen molar-refractivity contribution in [3.05, 3.63) is 51.5 Å². The number of carbonyl (C=O) groups excluding carboxylic acids is 1. The molecule has 0 aliphatic carbocycles. The summed E-state index contributed by atoms with van der Waals surface area (Å²) >= 11 is 17.9. The molecule has 2 aromatic carbocycles. The van der Waals surface area contributed by atoms with Crippen molar-refractivity contribution in [2.24, 2.45) is 5.92 Å². The van der Waals surface area contributed by atoms with Gasteiger partial charge in [-0.3, -0.25) is 4.79 Å². The number of sulfonamides is 1. The fraction of sp³-hybridized carbons (Fsp3) is 0.316. The molecule has 2 aromatic rings. The van der Waals surface area contributed by atoms with E-state index in [2.05, 4.69) is 5.32 Å². The predicted octanol–water partition coefficient (Wildman–Crippen LogP) is 4.69. The molecule has 0 saturated carbocycles. The number of nitrogens with zero attached hydrogens (tertiary/aromatic N) is 1. The van der Waals surface area contributed by atoms with E-state index in [0.717, 1.165) is 0 Å². The molecular weight excluding hydrogens is 459 g/mol. The molecular formula is C19H19Cl3N2O4S. The van der Waals surface area contributed by atoms with Gasteiger partial charge in [-0.25, -0.2) is 8.42 Å². The van der Waals surface area contributed by atoms with Crippen LogP contribution in [0.15, 0.2) is 41.3 Å². The number of anilines is 1. The maximum atomic E-state index is 13.0. The summed E-state index contributed by atoms with van der Waals surface area (Å²) in [7, 11) is -2.33. The molecule has 0 bridgehead atoms. The summed E-state index contributed by atoms with van der Waals surface area (Å²) in [6.07, 6.45) is 1.16. The second kappa shape index (κ2) is 9.10. The van der Waals surface area contributed by atoms with Crippen LogP contribution in [0.5, 0.6) is 5.75 Å². The number of amides is 1. The minimum atomic E-state index is -3.79. The number of halogens is 3. The summed E-state index contributed by atoms with van der Waals surface area (Å²) in [4.78, 5) is 12.7. The molecule has 10 heteroatoms. The van der Waals surface area contributed by atoms with E-state index in [-0.39, 0.29) is 22.4 Å². The number of hydrogen-bond donors (Lipinski definition) is 1. The van der Waals surface area contributed by atoms with Crippen molar-refractivity contribution in [1.29, 1.82) is 0 Å². The second-order valence-corrected chi connectivity index (χ2v) is 9.78. The van der Waals surface area contributed by atoms with Crippen molar-refractivity contribution in [2.45, 2.75) is 17.7 Å². The van der Waals surface area contributed by atoms with Gasteiger partial charge in [0.05, 0.1) is 33.0 Å². The number of ether oxygens (including phenoxy) is 1. The summed E-state index contributed by atoms with van der Waals surface area (Å²) in [5, 5.41) is 3.70. The van der Waals surface area contributed by atoms with Crippen LogP contribution in [0, 0.1) is 5.92 Å². The number of methoxy groups -OCH3 is 1. The first kappa shape index (κ1) is 22.2. The van der Waals surface area contributed by atoms with Crippen LogP contribution in [-0.4, -0.2) is 38.8 Å². The third kappa shape index (κ3) is 4.98. The van der Waals surface area contributed by atoms with E-state index in [1.807, 2.05) is 0 Å². The molecule has 1 unspecified atom stereocenters. The molecule has 1 aliphatic heterocycles. The molecule has 1 heterocycles. The van der Waals surface area contributed by atoms with Crippen LogP contribution < -0.4 is 10.1 Å². The van der Waals surface area contributed by atoms with Gasteiger partial charge < -0.3 is 10.1 Å². The zero-order chi connectivity index (χ0) is 21.2. The fourth-order valence-electron chi connectivity index (χ4n) is 3.15. The summed E-state index contributed by atoms with van der Waals surface area (Å²) in [6.45, 7) is 0.418. The lowest BCUT2D eigenvalue weighted by molar-refractivity contribution is -0.120. The highest BCUT2D eigenvalue weighted by Gasteiger charge is 2.33. The van der Waals surface area contributed by atoms with Gasteiger partial charge in [0.25, 0.3) is 0 Å². The van der Waals surface area contributed by atoms with Crippen LogP contribution >= 0.6 is 34.8 Å². The predicted molar refractivity (Wildman–Crippen MR) is 115 cm³/mol. The lowest BCUT2D eigenvalue weighted by Gasteiger charge is -2.31. The third-order valence-electron chi connectivity index (χ3n) is 4.70. The largest absolute Gasteiger partial charge is 0.495 e. The minimum absolute atomic E-state index is 0.0637. The smallest absolute Gasteiger partial charge is 0.243 e. The Morgan fingerprint density at radius 2 is 1.86 bits per heavy atom. The van der Waals surface area contributed by atoms with Crippen LogP contribution in [-0.2, 0) is 14.8 Å². The van der Waals surface area contributed by atoms with E-state index in [1.54, 1.807) is 18.2 Å². The van der Waals surface area contributed by atoms with E-state index >= 15 is 0 Å². The molecule has 3 rings (SSSR count). The van der Waals surface area contributed by atoms with E-state index in [4.69, 9.17) is 39.5 Å². The standard InChI is InChI=1S/C19H19Cl3N2O4S/c1-28-18-7-5-14(10-17(18)22)29(26,27)24-8-2-3-12(11-24)19(25)23-13-4-6-15(20)16(21)9-13/h4-7,9-10,12H,2-3,8,11H2,1H3,(H,23,25). The Morgan fingerprint density at radius 1 is 1.10 bits per heavy atom. The Balaban J connectivity index is 1.74. The number of carbonyl (C=O) groups is 1. The second-order valence-electron chi connectivity index (χ2n) is 6.62. The Morgan fingerprint density at radius 3 is 2.52 bits per heavy atom. The Kier molecular flexibility index (Phi) is 6.96. The van der Waals surface area contributed by atoms with Gasteiger partial charge >= 0.3 is 0 Å². The maximum absolute atomic E-state index is 13.0. The molecule has 0 aromatic heterocycles. The minimum Gasteiger partial charge on any atom is -0.495 e. The summed E-state index contributed by atoms with van der Waals surface area (Å²) < 4.78 is 32.4.